The molecule has 0 aliphatic rings. The summed E-state index contributed by atoms with van der Waals surface area (Å²) in [5.41, 5.74) is 2.51. The van der Waals surface area contributed by atoms with Crippen molar-refractivity contribution in [3.05, 3.63) is 42.1 Å². The molecular weight excluding hydrogens is 220 g/mol. The van der Waals surface area contributed by atoms with Gasteiger partial charge in [0.15, 0.2) is 0 Å². The highest BCUT2D eigenvalue weighted by Gasteiger charge is 2.04. The van der Waals surface area contributed by atoms with Crippen molar-refractivity contribution in [1.82, 2.24) is 10.3 Å². The number of hydrogen-bond acceptors (Lipinski definition) is 2. The summed E-state index contributed by atoms with van der Waals surface area (Å²) in [5.74, 6) is 0. The van der Waals surface area contributed by atoms with Crippen LogP contribution in [0.25, 0.3) is 10.9 Å². The Kier molecular flexibility index (Phi) is 4.71. The van der Waals surface area contributed by atoms with Gasteiger partial charge >= 0.3 is 0 Å². The van der Waals surface area contributed by atoms with E-state index in [0.717, 1.165) is 18.5 Å². The number of hydrogen-bond donors (Lipinski definition) is 1. The quantitative estimate of drug-likeness (QED) is 0.838. The van der Waals surface area contributed by atoms with E-state index in [-0.39, 0.29) is 0 Å². The predicted octanol–water partition coefficient (Wildman–Crippen LogP) is 3.56. The van der Waals surface area contributed by atoms with Gasteiger partial charge in [-0.2, -0.15) is 0 Å². The molecular formula is C16H22N2. The van der Waals surface area contributed by atoms with Gasteiger partial charge in [0, 0.05) is 17.6 Å². The highest BCUT2D eigenvalue weighted by atomic mass is 14.9. The first-order chi connectivity index (χ1) is 8.81. The van der Waals surface area contributed by atoms with Crippen molar-refractivity contribution in [2.75, 3.05) is 6.54 Å². The zero-order valence-corrected chi connectivity index (χ0v) is 11.3. The Hall–Kier alpha value is -1.41. The van der Waals surface area contributed by atoms with Crippen molar-refractivity contribution in [3.63, 3.8) is 0 Å². The lowest BCUT2D eigenvalue weighted by atomic mass is 10.0. The van der Waals surface area contributed by atoms with Gasteiger partial charge < -0.3 is 5.32 Å². The van der Waals surface area contributed by atoms with Gasteiger partial charge in [-0.3, -0.25) is 4.98 Å². The van der Waals surface area contributed by atoms with E-state index in [9.17, 15) is 0 Å². The number of nitrogens with zero attached hydrogens (tertiary/aromatic N) is 1. The Balaban J connectivity index is 2.03. The molecule has 0 saturated carbocycles. The van der Waals surface area contributed by atoms with Gasteiger partial charge in [-0.15, -0.1) is 0 Å². The van der Waals surface area contributed by atoms with Crippen LogP contribution in [0.5, 0.6) is 0 Å². The minimum atomic E-state index is 0.580. The van der Waals surface area contributed by atoms with Crippen LogP contribution in [0.2, 0.25) is 0 Å². The molecule has 2 aromatic rings. The third kappa shape index (κ3) is 3.30. The highest BCUT2D eigenvalue weighted by Crippen LogP contribution is 2.18. The van der Waals surface area contributed by atoms with E-state index in [2.05, 4.69) is 48.4 Å². The Morgan fingerprint density at radius 3 is 2.89 bits per heavy atom. The van der Waals surface area contributed by atoms with E-state index in [1.165, 1.54) is 23.8 Å². The summed E-state index contributed by atoms with van der Waals surface area (Å²) in [7, 11) is 0. The summed E-state index contributed by atoms with van der Waals surface area (Å²) in [5, 5.41) is 4.83. The van der Waals surface area contributed by atoms with Crippen LogP contribution in [0.15, 0.2) is 36.5 Å². The molecule has 2 rings (SSSR count). The van der Waals surface area contributed by atoms with Crippen LogP contribution in [0.4, 0.5) is 0 Å². The average Bonchev–Trinajstić information content (AvgIpc) is 2.42. The molecule has 1 heterocycles. The van der Waals surface area contributed by atoms with Crippen molar-refractivity contribution in [2.24, 2.45) is 0 Å². The molecule has 2 nitrogen and oxygen atoms in total. The van der Waals surface area contributed by atoms with Crippen molar-refractivity contribution >= 4 is 10.9 Å². The number of pyridine rings is 1. The second-order valence-electron chi connectivity index (χ2n) is 4.88. The topological polar surface area (TPSA) is 24.9 Å². The summed E-state index contributed by atoms with van der Waals surface area (Å²) >= 11 is 0. The molecule has 1 aromatic carbocycles. The van der Waals surface area contributed by atoms with Crippen LogP contribution in [0, 0.1) is 0 Å². The monoisotopic (exact) mass is 242 g/mol. The van der Waals surface area contributed by atoms with E-state index < -0.39 is 0 Å². The number of fused-ring (bicyclic) bond motifs is 1. The normalized spacial score (nSPS) is 12.8. The fraction of sp³-hybridized carbons (Fsp3) is 0.438. The van der Waals surface area contributed by atoms with E-state index in [1.807, 2.05) is 12.3 Å². The number of aromatic nitrogens is 1. The fourth-order valence-corrected chi connectivity index (χ4v) is 2.24. The molecule has 0 aliphatic carbocycles. The third-order valence-corrected chi connectivity index (χ3v) is 3.33. The molecule has 1 N–H and O–H groups in total. The first kappa shape index (κ1) is 13.0. The Labute approximate surface area is 109 Å². The van der Waals surface area contributed by atoms with Gasteiger partial charge in [0.2, 0.25) is 0 Å². The summed E-state index contributed by atoms with van der Waals surface area (Å²) in [4.78, 5) is 4.40. The van der Waals surface area contributed by atoms with Gasteiger partial charge in [-0.1, -0.05) is 25.1 Å². The van der Waals surface area contributed by atoms with Gasteiger partial charge in [0.05, 0.1) is 5.52 Å². The maximum Gasteiger partial charge on any atom is 0.0704 e. The predicted molar refractivity (Wildman–Crippen MR) is 77.8 cm³/mol. The first-order valence-corrected chi connectivity index (χ1v) is 6.87. The first-order valence-electron chi connectivity index (χ1n) is 6.87. The fourth-order valence-electron chi connectivity index (χ4n) is 2.24. The maximum atomic E-state index is 4.40. The molecule has 0 amide bonds. The zero-order chi connectivity index (χ0) is 12.8. The highest BCUT2D eigenvalue weighted by molar-refractivity contribution is 5.81. The minimum absolute atomic E-state index is 0.580. The molecule has 1 atom stereocenters. The Morgan fingerprint density at radius 2 is 2.06 bits per heavy atom. The number of para-hydroxylation sites is 1. The largest absolute Gasteiger partial charge is 0.314 e. The minimum Gasteiger partial charge on any atom is -0.314 e. The number of rotatable bonds is 6. The van der Waals surface area contributed by atoms with Crippen LogP contribution in [-0.4, -0.2) is 17.6 Å². The lowest BCUT2D eigenvalue weighted by Crippen LogP contribution is -2.27. The number of nitrogens with one attached hydrogen (secondary N) is 1. The van der Waals surface area contributed by atoms with Crippen LogP contribution >= 0.6 is 0 Å². The zero-order valence-electron chi connectivity index (χ0n) is 11.3. The smallest absolute Gasteiger partial charge is 0.0704 e. The third-order valence-electron chi connectivity index (χ3n) is 3.33. The van der Waals surface area contributed by atoms with Crippen LogP contribution in [0.1, 0.15) is 32.3 Å². The molecule has 1 unspecified atom stereocenters. The van der Waals surface area contributed by atoms with E-state index in [1.54, 1.807) is 0 Å². The van der Waals surface area contributed by atoms with Crippen molar-refractivity contribution in [1.29, 1.82) is 0 Å². The molecule has 18 heavy (non-hydrogen) atoms. The van der Waals surface area contributed by atoms with Crippen LogP contribution in [-0.2, 0) is 6.42 Å². The molecule has 0 saturated heterocycles. The summed E-state index contributed by atoms with van der Waals surface area (Å²) in [6.45, 7) is 5.58. The standard InChI is InChI=1S/C16H22N2/c1-3-11-17-13(2)8-9-14-10-12-18-16-7-5-4-6-15(14)16/h4-7,10,12-13,17H,3,8-9,11H2,1-2H3. The van der Waals surface area contributed by atoms with Crippen molar-refractivity contribution in [3.8, 4) is 0 Å². The summed E-state index contributed by atoms with van der Waals surface area (Å²) in [6.07, 6.45) is 5.40. The van der Waals surface area contributed by atoms with E-state index in [0.29, 0.717) is 6.04 Å². The van der Waals surface area contributed by atoms with Gasteiger partial charge in [-0.25, -0.2) is 0 Å². The molecule has 0 aliphatic heterocycles. The lowest BCUT2D eigenvalue weighted by Gasteiger charge is -2.13. The van der Waals surface area contributed by atoms with Gasteiger partial charge in [-0.05, 0) is 50.4 Å². The van der Waals surface area contributed by atoms with Crippen LogP contribution < -0.4 is 5.32 Å². The summed E-state index contributed by atoms with van der Waals surface area (Å²) < 4.78 is 0. The van der Waals surface area contributed by atoms with Gasteiger partial charge in [0.25, 0.3) is 0 Å². The summed E-state index contributed by atoms with van der Waals surface area (Å²) in [6, 6.07) is 11.1. The second-order valence-corrected chi connectivity index (χ2v) is 4.88. The average molecular weight is 242 g/mol. The molecule has 2 heteroatoms. The van der Waals surface area contributed by atoms with E-state index >= 15 is 0 Å². The number of benzene rings is 1. The molecule has 0 radical (unpaired) electrons. The SMILES string of the molecule is CCCNC(C)CCc1ccnc2ccccc12. The van der Waals surface area contributed by atoms with E-state index in [4.69, 9.17) is 0 Å². The molecule has 1 aromatic heterocycles. The Bertz CT molecular complexity index is 488. The van der Waals surface area contributed by atoms with Crippen LogP contribution in [0.3, 0.4) is 0 Å². The maximum absolute atomic E-state index is 4.40. The molecule has 96 valence electrons. The van der Waals surface area contributed by atoms with Crippen molar-refractivity contribution < 1.29 is 0 Å². The van der Waals surface area contributed by atoms with Gasteiger partial charge in [0.1, 0.15) is 0 Å². The molecule has 0 spiro atoms. The molecule has 0 bridgehead atoms. The second kappa shape index (κ2) is 6.50. The van der Waals surface area contributed by atoms with Crippen molar-refractivity contribution in [2.45, 2.75) is 39.2 Å². The lowest BCUT2D eigenvalue weighted by molar-refractivity contribution is 0.514. The Morgan fingerprint density at radius 1 is 1.22 bits per heavy atom. The molecule has 0 fully saturated rings. The number of aryl methyl sites for hydroxylation is 1.